The first-order chi connectivity index (χ1) is 17.4. The fourth-order valence-electron chi connectivity index (χ4n) is 3.48. The highest BCUT2D eigenvalue weighted by Gasteiger charge is 2.53. The molecule has 3 rings (SSSR count). The highest BCUT2D eigenvalue weighted by atomic mass is 16.7. The molecule has 4 atom stereocenters. The van der Waals surface area contributed by atoms with Crippen LogP contribution >= 0.6 is 0 Å². The fourth-order valence-corrected chi connectivity index (χ4v) is 3.48. The van der Waals surface area contributed by atoms with Gasteiger partial charge in [-0.3, -0.25) is 19.0 Å². The maximum Gasteiger partial charge on any atom is 0.311 e. The van der Waals surface area contributed by atoms with E-state index in [2.05, 4.69) is 15.0 Å². The molecule has 0 saturated carbocycles. The van der Waals surface area contributed by atoms with E-state index in [4.69, 9.17) is 23.7 Å². The molecule has 210 valence electrons. The number of nitrogens with zero attached hydrogens (tertiary/aromatic N) is 4. The van der Waals surface area contributed by atoms with E-state index in [0.717, 1.165) is 0 Å². The molecule has 0 radical (unpaired) electrons. The summed E-state index contributed by atoms with van der Waals surface area (Å²) in [6.45, 7) is 15.2. The average Bonchev–Trinajstić information content (AvgIpc) is 3.37. The van der Waals surface area contributed by atoms with Crippen LogP contribution in [0.25, 0.3) is 11.2 Å². The smallest absolute Gasteiger partial charge is 0.311 e. The maximum absolute atomic E-state index is 13.1. The molecule has 2 aromatic heterocycles. The second-order valence-corrected chi connectivity index (χ2v) is 12.4. The minimum Gasteiger partial charge on any atom is -0.479 e. The molecule has 0 N–H and O–H groups in total. The van der Waals surface area contributed by atoms with E-state index >= 15 is 0 Å². The molecule has 12 heteroatoms. The third-order valence-corrected chi connectivity index (χ3v) is 5.78. The number of aromatic nitrogens is 4. The Labute approximate surface area is 222 Å². The van der Waals surface area contributed by atoms with Crippen molar-refractivity contribution in [2.75, 3.05) is 13.7 Å². The SMILES string of the molecule is COc1ncnc2c1ncn2[C@@H]1O[C@H](COC(=O)C(C)(C)C)[C@@H](OC(=O)C(C)(C)C)[C@@H]1OC(=O)C(C)(C)C. The molecule has 0 amide bonds. The Balaban J connectivity index is 2.08. The standard InChI is InChI=1S/C26H38N4O8/c1-24(2,3)21(31)35-11-14-16(37-22(32)25(4,5)6)17(38-23(33)26(7,8)9)20(36-14)30-13-29-15-18(30)27-12-28-19(15)34-10/h12-14,16-17,20H,11H2,1-10H3/t14-,16-,17+,20-/m1/s1. The van der Waals surface area contributed by atoms with Crippen LogP contribution in [0.2, 0.25) is 0 Å². The van der Waals surface area contributed by atoms with E-state index in [1.54, 1.807) is 66.9 Å². The number of carbonyl (C=O) groups is 3. The first-order valence-electron chi connectivity index (χ1n) is 12.4. The van der Waals surface area contributed by atoms with Gasteiger partial charge in [0.05, 0.1) is 29.7 Å². The highest BCUT2D eigenvalue weighted by molar-refractivity contribution is 5.78. The van der Waals surface area contributed by atoms with Gasteiger partial charge in [0.15, 0.2) is 29.6 Å². The van der Waals surface area contributed by atoms with Crippen LogP contribution in [-0.4, -0.2) is 69.5 Å². The Morgan fingerprint density at radius 2 is 1.39 bits per heavy atom. The summed E-state index contributed by atoms with van der Waals surface area (Å²) in [6.07, 6.45) is -1.39. The molecule has 1 fully saturated rings. The third-order valence-electron chi connectivity index (χ3n) is 5.78. The number of hydrogen-bond donors (Lipinski definition) is 0. The van der Waals surface area contributed by atoms with E-state index in [-0.39, 0.29) is 12.5 Å². The van der Waals surface area contributed by atoms with Gasteiger partial charge in [-0.05, 0) is 62.3 Å². The second kappa shape index (κ2) is 10.5. The molecule has 0 aliphatic carbocycles. The van der Waals surface area contributed by atoms with Gasteiger partial charge >= 0.3 is 17.9 Å². The molecule has 0 spiro atoms. The summed E-state index contributed by atoms with van der Waals surface area (Å²) in [5.74, 6) is -1.27. The lowest BCUT2D eigenvalue weighted by molar-refractivity contribution is -0.179. The van der Waals surface area contributed by atoms with Crippen LogP contribution in [0, 0.1) is 16.2 Å². The third kappa shape index (κ3) is 6.23. The van der Waals surface area contributed by atoms with Crippen LogP contribution in [-0.2, 0) is 33.3 Å². The zero-order valence-electron chi connectivity index (χ0n) is 23.7. The van der Waals surface area contributed by atoms with Gasteiger partial charge < -0.3 is 23.7 Å². The van der Waals surface area contributed by atoms with Crippen LogP contribution in [0.1, 0.15) is 68.5 Å². The number of methoxy groups -OCH3 is 1. The number of imidazole rings is 1. The van der Waals surface area contributed by atoms with Crippen molar-refractivity contribution in [1.29, 1.82) is 0 Å². The minimum atomic E-state index is -1.11. The van der Waals surface area contributed by atoms with Gasteiger partial charge in [0.2, 0.25) is 5.88 Å². The molecule has 1 saturated heterocycles. The number of ether oxygens (including phenoxy) is 5. The lowest BCUT2D eigenvalue weighted by atomic mass is 9.96. The number of carbonyl (C=O) groups excluding carboxylic acids is 3. The average molecular weight is 535 g/mol. The lowest BCUT2D eigenvalue weighted by Gasteiger charge is -2.29. The molecule has 1 aliphatic heterocycles. The molecule has 0 unspecified atom stereocenters. The van der Waals surface area contributed by atoms with Crippen molar-refractivity contribution < 1.29 is 38.1 Å². The van der Waals surface area contributed by atoms with Crippen LogP contribution in [0.3, 0.4) is 0 Å². The molecule has 0 bridgehead atoms. The van der Waals surface area contributed by atoms with Crippen molar-refractivity contribution in [1.82, 2.24) is 19.5 Å². The number of esters is 3. The molecular formula is C26H38N4O8. The monoisotopic (exact) mass is 534 g/mol. The predicted octanol–water partition coefficient (Wildman–Crippen LogP) is 3.24. The topological polar surface area (TPSA) is 141 Å². The Morgan fingerprint density at radius 1 is 0.842 bits per heavy atom. The van der Waals surface area contributed by atoms with E-state index in [0.29, 0.717) is 11.2 Å². The van der Waals surface area contributed by atoms with E-state index in [1.807, 2.05) is 0 Å². The lowest BCUT2D eigenvalue weighted by Crippen LogP contribution is -2.44. The van der Waals surface area contributed by atoms with Crippen molar-refractivity contribution >= 4 is 29.1 Å². The van der Waals surface area contributed by atoms with E-state index in [9.17, 15) is 14.4 Å². The fraction of sp³-hybridized carbons (Fsp3) is 0.692. The zero-order chi connectivity index (χ0) is 28.6. The van der Waals surface area contributed by atoms with Crippen LogP contribution in [0.5, 0.6) is 5.88 Å². The van der Waals surface area contributed by atoms with Crippen molar-refractivity contribution in [3.8, 4) is 5.88 Å². The molecule has 1 aliphatic rings. The van der Waals surface area contributed by atoms with Gasteiger partial charge in [-0.25, -0.2) is 9.97 Å². The summed E-state index contributed by atoms with van der Waals surface area (Å²) in [7, 11) is 1.46. The van der Waals surface area contributed by atoms with Gasteiger partial charge in [0.25, 0.3) is 0 Å². The Kier molecular flexibility index (Phi) is 8.07. The summed E-state index contributed by atoms with van der Waals surface area (Å²) >= 11 is 0. The normalized spacial score (nSPS) is 22.3. The van der Waals surface area contributed by atoms with Crippen molar-refractivity contribution in [2.45, 2.75) is 86.9 Å². The van der Waals surface area contributed by atoms with Gasteiger partial charge in [-0.1, -0.05) is 0 Å². The maximum atomic E-state index is 13.1. The molecule has 0 aromatic carbocycles. The van der Waals surface area contributed by atoms with Gasteiger partial charge in [0.1, 0.15) is 19.0 Å². The van der Waals surface area contributed by atoms with Crippen LogP contribution in [0.4, 0.5) is 0 Å². The Bertz CT molecular complexity index is 1190. The molecule has 12 nitrogen and oxygen atoms in total. The number of hydrogen-bond acceptors (Lipinski definition) is 11. The Morgan fingerprint density at radius 3 is 1.92 bits per heavy atom. The first kappa shape index (κ1) is 29.3. The summed E-state index contributed by atoms with van der Waals surface area (Å²) < 4.78 is 30.5. The highest BCUT2D eigenvalue weighted by Crippen LogP contribution is 2.38. The molecule has 38 heavy (non-hydrogen) atoms. The van der Waals surface area contributed by atoms with Crippen molar-refractivity contribution in [2.24, 2.45) is 16.2 Å². The summed E-state index contributed by atoms with van der Waals surface area (Å²) in [6, 6.07) is 0. The zero-order valence-corrected chi connectivity index (χ0v) is 23.7. The van der Waals surface area contributed by atoms with Gasteiger partial charge in [-0.15, -0.1) is 0 Å². The number of fused-ring (bicyclic) bond motifs is 1. The minimum absolute atomic E-state index is 0.233. The molecule has 2 aromatic rings. The van der Waals surface area contributed by atoms with E-state index in [1.165, 1.54) is 19.8 Å². The predicted molar refractivity (Wildman–Crippen MR) is 135 cm³/mol. The largest absolute Gasteiger partial charge is 0.479 e. The number of rotatable bonds is 6. The quantitative estimate of drug-likeness (QED) is 0.398. The summed E-state index contributed by atoms with van der Waals surface area (Å²) in [5, 5.41) is 0. The van der Waals surface area contributed by atoms with Crippen molar-refractivity contribution in [3.05, 3.63) is 12.7 Å². The second-order valence-electron chi connectivity index (χ2n) is 12.4. The van der Waals surface area contributed by atoms with Crippen LogP contribution < -0.4 is 4.74 Å². The summed E-state index contributed by atoms with van der Waals surface area (Å²) in [4.78, 5) is 51.3. The van der Waals surface area contributed by atoms with Gasteiger partial charge in [0, 0.05) is 0 Å². The molecular weight excluding hydrogens is 496 g/mol. The van der Waals surface area contributed by atoms with E-state index < -0.39 is 58.7 Å². The van der Waals surface area contributed by atoms with Crippen molar-refractivity contribution in [3.63, 3.8) is 0 Å². The van der Waals surface area contributed by atoms with Crippen LogP contribution in [0.15, 0.2) is 12.7 Å². The van der Waals surface area contributed by atoms with Gasteiger partial charge in [-0.2, -0.15) is 4.98 Å². The summed E-state index contributed by atoms with van der Waals surface area (Å²) in [5.41, 5.74) is -1.76. The molecule has 3 heterocycles. The Hall–Kier alpha value is -3.28. The first-order valence-corrected chi connectivity index (χ1v) is 12.4.